The monoisotopic (exact) mass is 190 g/mol. The predicted molar refractivity (Wildman–Crippen MR) is 56.9 cm³/mol. The van der Waals surface area contributed by atoms with E-state index < -0.39 is 0 Å². The normalized spacial score (nSPS) is 13.3. The van der Waals surface area contributed by atoms with E-state index in [1.165, 1.54) is 0 Å². The van der Waals surface area contributed by atoms with Gasteiger partial charge in [-0.2, -0.15) is 0 Å². The molecule has 0 radical (unpaired) electrons. The Morgan fingerprint density at radius 3 is 3.00 bits per heavy atom. The van der Waals surface area contributed by atoms with Crippen LogP contribution in [0, 0.1) is 0 Å². The van der Waals surface area contributed by atoms with Crippen LogP contribution in [0.5, 0.6) is 0 Å². The highest BCUT2D eigenvalue weighted by atomic mass is 16.3. The summed E-state index contributed by atoms with van der Waals surface area (Å²) in [5.41, 5.74) is 8.15. The van der Waals surface area contributed by atoms with Crippen molar-refractivity contribution in [2.75, 3.05) is 6.61 Å². The molecule has 1 atom stereocenters. The van der Waals surface area contributed by atoms with Gasteiger partial charge in [-0.3, -0.25) is 0 Å². The fourth-order valence-electron chi connectivity index (χ4n) is 1.73. The number of aromatic amines is 1. The fraction of sp³-hybridized carbons (Fsp3) is 0.273. The summed E-state index contributed by atoms with van der Waals surface area (Å²) in [5, 5.41) is 9.98. The Bertz CT molecular complexity index is 422. The molecule has 0 amide bonds. The van der Waals surface area contributed by atoms with Crippen molar-refractivity contribution in [2.45, 2.75) is 12.5 Å². The van der Waals surface area contributed by atoms with Gasteiger partial charge in [0, 0.05) is 29.7 Å². The standard InChI is InChI=1S/C11H14N2O/c12-10(5-7-14)8-2-1-3-11-9(8)4-6-13-11/h1-4,6,10,13-14H,5,7,12H2/t10-/m1/s1. The fourth-order valence-corrected chi connectivity index (χ4v) is 1.73. The molecule has 3 heteroatoms. The number of hydrogen-bond donors (Lipinski definition) is 3. The van der Waals surface area contributed by atoms with Crippen molar-refractivity contribution in [1.82, 2.24) is 4.98 Å². The van der Waals surface area contributed by atoms with Crippen LogP contribution >= 0.6 is 0 Å². The number of nitrogens with two attached hydrogens (primary N) is 1. The Kier molecular flexibility index (Phi) is 2.52. The lowest BCUT2D eigenvalue weighted by Gasteiger charge is -2.11. The minimum Gasteiger partial charge on any atom is -0.396 e. The smallest absolute Gasteiger partial charge is 0.0457 e. The average molecular weight is 190 g/mol. The maximum Gasteiger partial charge on any atom is 0.0457 e. The lowest BCUT2D eigenvalue weighted by atomic mass is 10.0. The van der Waals surface area contributed by atoms with Gasteiger partial charge in [0.25, 0.3) is 0 Å². The molecule has 0 saturated heterocycles. The van der Waals surface area contributed by atoms with Crippen LogP contribution in [-0.2, 0) is 0 Å². The largest absolute Gasteiger partial charge is 0.396 e. The summed E-state index contributed by atoms with van der Waals surface area (Å²) in [6.07, 6.45) is 2.50. The third-order valence-corrected chi connectivity index (χ3v) is 2.47. The summed E-state index contributed by atoms with van der Waals surface area (Å²) >= 11 is 0. The molecule has 3 nitrogen and oxygen atoms in total. The van der Waals surface area contributed by atoms with Gasteiger partial charge in [-0.1, -0.05) is 12.1 Å². The first-order valence-corrected chi connectivity index (χ1v) is 4.75. The molecular weight excluding hydrogens is 176 g/mol. The van der Waals surface area contributed by atoms with E-state index in [2.05, 4.69) is 4.98 Å². The second kappa shape index (κ2) is 3.82. The van der Waals surface area contributed by atoms with Crippen LogP contribution in [0.4, 0.5) is 0 Å². The van der Waals surface area contributed by atoms with Crippen molar-refractivity contribution in [3.05, 3.63) is 36.0 Å². The van der Waals surface area contributed by atoms with Crippen molar-refractivity contribution in [3.63, 3.8) is 0 Å². The molecule has 0 aliphatic carbocycles. The van der Waals surface area contributed by atoms with E-state index in [0.717, 1.165) is 16.5 Å². The van der Waals surface area contributed by atoms with Crippen molar-refractivity contribution in [3.8, 4) is 0 Å². The minimum atomic E-state index is -0.0838. The van der Waals surface area contributed by atoms with Crippen LogP contribution < -0.4 is 5.73 Å². The molecule has 14 heavy (non-hydrogen) atoms. The van der Waals surface area contributed by atoms with E-state index in [0.29, 0.717) is 6.42 Å². The molecule has 0 bridgehead atoms. The topological polar surface area (TPSA) is 62.0 Å². The van der Waals surface area contributed by atoms with Gasteiger partial charge in [0.2, 0.25) is 0 Å². The van der Waals surface area contributed by atoms with E-state index in [-0.39, 0.29) is 12.6 Å². The second-order valence-corrected chi connectivity index (χ2v) is 3.40. The van der Waals surface area contributed by atoms with Crippen LogP contribution in [-0.4, -0.2) is 16.7 Å². The molecule has 0 unspecified atom stereocenters. The van der Waals surface area contributed by atoms with Crippen LogP contribution in [0.2, 0.25) is 0 Å². The van der Waals surface area contributed by atoms with Crippen LogP contribution in [0.1, 0.15) is 18.0 Å². The third-order valence-electron chi connectivity index (χ3n) is 2.47. The van der Waals surface area contributed by atoms with Gasteiger partial charge in [0.1, 0.15) is 0 Å². The summed E-state index contributed by atoms with van der Waals surface area (Å²) < 4.78 is 0. The highest BCUT2D eigenvalue weighted by Crippen LogP contribution is 2.23. The predicted octanol–water partition coefficient (Wildman–Crippen LogP) is 1.55. The maximum absolute atomic E-state index is 8.83. The lowest BCUT2D eigenvalue weighted by Crippen LogP contribution is -2.11. The Labute approximate surface area is 82.6 Å². The van der Waals surface area contributed by atoms with E-state index >= 15 is 0 Å². The average Bonchev–Trinajstić information content (AvgIpc) is 2.65. The number of nitrogens with one attached hydrogen (secondary N) is 1. The van der Waals surface area contributed by atoms with Crippen molar-refractivity contribution >= 4 is 10.9 Å². The quantitative estimate of drug-likeness (QED) is 0.687. The maximum atomic E-state index is 8.83. The number of H-pyrrole nitrogens is 1. The first-order chi connectivity index (χ1) is 6.83. The number of benzene rings is 1. The van der Waals surface area contributed by atoms with Gasteiger partial charge in [-0.05, 0) is 24.1 Å². The zero-order chi connectivity index (χ0) is 9.97. The van der Waals surface area contributed by atoms with Gasteiger partial charge < -0.3 is 15.8 Å². The Morgan fingerprint density at radius 2 is 2.21 bits per heavy atom. The van der Waals surface area contributed by atoms with Crippen LogP contribution in [0.3, 0.4) is 0 Å². The Balaban J connectivity index is 2.45. The van der Waals surface area contributed by atoms with Gasteiger partial charge in [-0.15, -0.1) is 0 Å². The zero-order valence-corrected chi connectivity index (χ0v) is 7.90. The molecule has 0 aliphatic rings. The minimum absolute atomic E-state index is 0.0838. The van der Waals surface area contributed by atoms with Crippen molar-refractivity contribution in [1.29, 1.82) is 0 Å². The first kappa shape index (κ1) is 9.24. The van der Waals surface area contributed by atoms with Gasteiger partial charge in [0.15, 0.2) is 0 Å². The third kappa shape index (κ3) is 1.52. The molecule has 0 spiro atoms. The van der Waals surface area contributed by atoms with E-state index in [9.17, 15) is 0 Å². The summed E-state index contributed by atoms with van der Waals surface area (Å²) in [6.45, 7) is 0.127. The molecule has 1 aromatic heterocycles. The molecule has 0 saturated carbocycles. The molecule has 4 N–H and O–H groups in total. The number of fused-ring (bicyclic) bond motifs is 1. The van der Waals surface area contributed by atoms with Crippen molar-refractivity contribution < 1.29 is 5.11 Å². The zero-order valence-electron chi connectivity index (χ0n) is 7.90. The van der Waals surface area contributed by atoms with Gasteiger partial charge >= 0.3 is 0 Å². The molecule has 1 heterocycles. The molecule has 1 aromatic carbocycles. The molecule has 0 aliphatic heterocycles. The molecule has 0 fully saturated rings. The SMILES string of the molecule is N[C@H](CCO)c1cccc2[nH]ccc12. The highest BCUT2D eigenvalue weighted by Gasteiger charge is 2.08. The second-order valence-electron chi connectivity index (χ2n) is 3.40. The number of rotatable bonds is 3. The molecule has 2 rings (SSSR count). The highest BCUT2D eigenvalue weighted by molar-refractivity contribution is 5.83. The molecule has 74 valence electrons. The summed E-state index contributed by atoms with van der Waals surface area (Å²) in [4.78, 5) is 3.14. The number of aromatic nitrogens is 1. The van der Waals surface area contributed by atoms with Crippen LogP contribution in [0.25, 0.3) is 10.9 Å². The van der Waals surface area contributed by atoms with E-state index in [4.69, 9.17) is 10.8 Å². The van der Waals surface area contributed by atoms with Crippen molar-refractivity contribution in [2.24, 2.45) is 5.73 Å². The molecular formula is C11H14N2O. The molecule has 2 aromatic rings. The summed E-state index contributed by atoms with van der Waals surface area (Å²) in [7, 11) is 0. The number of aliphatic hydroxyl groups is 1. The Morgan fingerprint density at radius 1 is 1.36 bits per heavy atom. The van der Waals surface area contributed by atoms with Gasteiger partial charge in [-0.25, -0.2) is 0 Å². The first-order valence-electron chi connectivity index (χ1n) is 4.75. The van der Waals surface area contributed by atoms with Crippen LogP contribution in [0.15, 0.2) is 30.5 Å². The summed E-state index contributed by atoms with van der Waals surface area (Å²) in [6, 6.07) is 7.94. The summed E-state index contributed by atoms with van der Waals surface area (Å²) in [5.74, 6) is 0. The van der Waals surface area contributed by atoms with E-state index in [1.54, 1.807) is 0 Å². The Hall–Kier alpha value is -1.32. The number of hydrogen-bond acceptors (Lipinski definition) is 2. The van der Waals surface area contributed by atoms with Gasteiger partial charge in [0.05, 0.1) is 0 Å². The van der Waals surface area contributed by atoms with E-state index in [1.807, 2.05) is 30.5 Å². The number of aliphatic hydroxyl groups excluding tert-OH is 1. The lowest BCUT2D eigenvalue weighted by molar-refractivity contribution is 0.277.